The molecule has 0 amide bonds. The highest BCUT2D eigenvalue weighted by molar-refractivity contribution is 6.32. The lowest BCUT2D eigenvalue weighted by Gasteiger charge is -2.19. The minimum atomic E-state index is -0.217. The fourth-order valence-electron chi connectivity index (χ4n) is 1.44. The van der Waals surface area contributed by atoms with E-state index in [0.717, 1.165) is 12.8 Å². The smallest absolute Gasteiger partial charge is 0.287 e. The maximum atomic E-state index is 12.0. The lowest BCUT2D eigenvalue weighted by molar-refractivity contribution is 0.538. The van der Waals surface area contributed by atoms with Crippen LogP contribution >= 0.6 is 11.6 Å². The summed E-state index contributed by atoms with van der Waals surface area (Å²) >= 11 is 6.09. The summed E-state index contributed by atoms with van der Waals surface area (Å²) in [6.45, 7) is 8.98. The molecule has 1 heterocycles. The van der Waals surface area contributed by atoms with Gasteiger partial charge in [0.15, 0.2) is 0 Å². The van der Waals surface area contributed by atoms with Crippen LogP contribution in [0.25, 0.3) is 0 Å². The second-order valence-electron chi connectivity index (χ2n) is 4.93. The summed E-state index contributed by atoms with van der Waals surface area (Å²) in [4.78, 5) is 12.0. The number of nitrogens with zero attached hydrogens (tertiary/aromatic N) is 2. The Hall–Kier alpha value is -1.03. The van der Waals surface area contributed by atoms with Gasteiger partial charge in [0.1, 0.15) is 5.02 Å². The first-order valence-corrected chi connectivity index (χ1v) is 6.87. The topological polar surface area (TPSA) is 46.9 Å². The lowest BCUT2D eigenvalue weighted by Crippen LogP contribution is -2.27. The monoisotopic (exact) mass is 271 g/mol. The minimum absolute atomic E-state index is 0.217. The molecule has 4 nitrogen and oxygen atoms in total. The molecule has 5 heteroatoms. The molecule has 0 saturated carbocycles. The molecule has 0 spiro atoms. The van der Waals surface area contributed by atoms with E-state index in [0.29, 0.717) is 18.2 Å². The number of anilines is 1. The van der Waals surface area contributed by atoms with Crippen LogP contribution in [-0.2, 0) is 6.54 Å². The molecular weight excluding hydrogens is 250 g/mol. The number of rotatable bonds is 6. The van der Waals surface area contributed by atoms with Crippen LogP contribution in [0.3, 0.4) is 0 Å². The Labute approximate surface area is 113 Å². The van der Waals surface area contributed by atoms with E-state index >= 15 is 0 Å². The van der Waals surface area contributed by atoms with Gasteiger partial charge >= 0.3 is 0 Å². The predicted octanol–water partition coefficient (Wildman–Crippen LogP) is 3.15. The van der Waals surface area contributed by atoms with E-state index in [2.05, 4.69) is 38.1 Å². The number of nitrogens with one attached hydrogen (secondary N) is 1. The van der Waals surface area contributed by atoms with Crippen molar-refractivity contribution in [2.75, 3.05) is 5.32 Å². The third kappa shape index (κ3) is 3.73. The standard InChI is InChI=1S/C13H22ClN3O/c1-5-6-7-17-13(18)12(14)11(8-15-17)16-10(4)9(2)3/h8-10,16H,5-7H2,1-4H3. The normalized spacial score (nSPS) is 12.8. The maximum Gasteiger partial charge on any atom is 0.287 e. The lowest BCUT2D eigenvalue weighted by atomic mass is 10.1. The highest BCUT2D eigenvalue weighted by Crippen LogP contribution is 2.18. The molecule has 1 N–H and O–H groups in total. The SMILES string of the molecule is CCCCn1ncc(NC(C)C(C)C)c(Cl)c1=O. The highest BCUT2D eigenvalue weighted by Gasteiger charge is 2.13. The van der Waals surface area contributed by atoms with Crippen molar-refractivity contribution < 1.29 is 0 Å². The molecule has 1 aromatic heterocycles. The van der Waals surface area contributed by atoms with E-state index in [9.17, 15) is 4.79 Å². The third-order valence-electron chi connectivity index (χ3n) is 3.09. The van der Waals surface area contributed by atoms with Crippen molar-refractivity contribution in [3.63, 3.8) is 0 Å². The number of aryl methyl sites for hydroxylation is 1. The van der Waals surface area contributed by atoms with Crippen molar-refractivity contribution in [1.82, 2.24) is 9.78 Å². The second-order valence-corrected chi connectivity index (χ2v) is 5.31. The van der Waals surface area contributed by atoms with Gasteiger partial charge in [0.25, 0.3) is 5.56 Å². The molecule has 0 aliphatic carbocycles. The van der Waals surface area contributed by atoms with Crippen LogP contribution in [0, 0.1) is 5.92 Å². The first-order valence-electron chi connectivity index (χ1n) is 6.49. The van der Waals surface area contributed by atoms with E-state index in [4.69, 9.17) is 11.6 Å². The van der Waals surface area contributed by atoms with Crippen molar-refractivity contribution >= 4 is 17.3 Å². The Balaban J connectivity index is 2.90. The van der Waals surface area contributed by atoms with Gasteiger partial charge in [-0.15, -0.1) is 0 Å². The number of halogens is 1. The molecule has 1 rings (SSSR count). The summed E-state index contributed by atoms with van der Waals surface area (Å²) < 4.78 is 1.43. The van der Waals surface area contributed by atoms with Gasteiger partial charge < -0.3 is 5.32 Å². The molecule has 102 valence electrons. The Morgan fingerprint density at radius 1 is 1.44 bits per heavy atom. The van der Waals surface area contributed by atoms with E-state index in [1.165, 1.54) is 4.68 Å². The number of unbranched alkanes of at least 4 members (excludes halogenated alkanes) is 1. The van der Waals surface area contributed by atoms with Crippen molar-refractivity contribution in [3.05, 3.63) is 21.6 Å². The molecule has 0 aromatic carbocycles. The first-order chi connectivity index (χ1) is 8.47. The summed E-state index contributed by atoms with van der Waals surface area (Å²) in [5.74, 6) is 0.462. The van der Waals surface area contributed by atoms with Gasteiger partial charge in [-0.1, -0.05) is 38.8 Å². The largest absolute Gasteiger partial charge is 0.380 e. The molecule has 18 heavy (non-hydrogen) atoms. The zero-order valence-corrected chi connectivity index (χ0v) is 12.3. The van der Waals surface area contributed by atoms with Crippen LogP contribution in [0.4, 0.5) is 5.69 Å². The van der Waals surface area contributed by atoms with Crippen LogP contribution in [-0.4, -0.2) is 15.8 Å². The Morgan fingerprint density at radius 2 is 2.11 bits per heavy atom. The number of aromatic nitrogens is 2. The fourth-order valence-corrected chi connectivity index (χ4v) is 1.65. The predicted molar refractivity (Wildman–Crippen MR) is 76.3 cm³/mol. The van der Waals surface area contributed by atoms with Crippen LogP contribution in [0.1, 0.15) is 40.5 Å². The molecule has 0 saturated heterocycles. The molecule has 0 aliphatic heterocycles. The van der Waals surface area contributed by atoms with Crippen LogP contribution in [0.15, 0.2) is 11.0 Å². The molecule has 1 atom stereocenters. The Bertz CT molecular complexity index is 442. The quantitative estimate of drug-likeness (QED) is 0.865. The minimum Gasteiger partial charge on any atom is -0.380 e. The Morgan fingerprint density at radius 3 is 2.67 bits per heavy atom. The zero-order chi connectivity index (χ0) is 13.7. The molecule has 0 bridgehead atoms. The van der Waals surface area contributed by atoms with Crippen molar-refractivity contribution in [2.45, 2.75) is 53.1 Å². The van der Waals surface area contributed by atoms with Crippen LogP contribution < -0.4 is 10.9 Å². The van der Waals surface area contributed by atoms with Crippen molar-refractivity contribution in [3.8, 4) is 0 Å². The molecule has 0 fully saturated rings. The highest BCUT2D eigenvalue weighted by atomic mass is 35.5. The third-order valence-corrected chi connectivity index (χ3v) is 3.46. The fraction of sp³-hybridized carbons (Fsp3) is 0.692. The van der Waals surface area contributed by atoms with Gasteiger partial charge in [-0.3, -0.25) is 4.79 Å². The number of hydrogen-bond donors (Lipinski definition) is 1. The van der Waals surface area contributed by atoms with E-state index in [1.807, 2.05) is 0 Å². The summed E-state index contributed by atoms with van der Waals surface area (Å²) in [7, 11) is 0. The summed E-state index contributed by atoms with van der Waals surface area (Å²) in [5.41, 5.74) is 0.404. The summed E-state index contributed by atoms with van der Waals surface area (Å²) in [5, 5.41) is 7.60. The second kappa shape index (κ2) is 6.78. The van der Waals surface area contributed by atoms with Crippen molar-refractivity contribution in [1.29, 1.82) is 0 Å². The van der Waals surface area contributed by atoms with Crippen LogP contribution in [0.5, 0.6) is 0 Å². The van der Waals surface area contributed by atoms with Crippen molar-refractivity contribution in [2.24, 2.45) is 5.92 Å². The van der Waals surface area contributed by atoms with Gasteiger partial charge in [-0.25, -0.2) is 4.68 Å². The average Bonchev–Trinajstić information content (AvgIpc) is 2.34. The van der Waals surface area contributed by atoms with Crippen LogP contribution in [0.2, 0.25) is 5.02 Å². The Kier molecular flexibility index (Phi) is 5.66. The van der Waals surface area contributed by atoms with Gasteiger partial charge in [-0.2, -0.15) is 5.10 Å². The number of hydrogen-bond acceptors (Lipinski definition) is 3. The average molecular weight is 272 g/mol. The molecular formula is C13H22ClN3O. The molecule has 0 aliphatic rings. The molecule has 0 radical (unpaired) electrons. The zero-order valence-electron chi connectivity index (χ0n) is 11.5. The van der Waals surface area contributed by atoms with Gasteiger partial charge in [-0.05, 0) is 19.3 Å². The van der Waals surface area contributed by atoms with E-state index in [1.54, 1.807) is 6.20 Å². The molecule has 1 aromatic rings. The maximum absolute atomic E-state index is 12.0. The first kappa shape index (κ1) is 15.0. The van der Waals surface area contributed by atoms with E-state index < -0.39 is 0 Å². The summed E-state index contributed by atoms with van der Waals surface area (Å²) in [6.07, 6.45) is 3.59. The molecule has 1 unspecified atom stereocenters. The summed E-state index contributed by atoms with van der Waals surface area (Å²) in [6, 6.07) is 0.246. The van der Waals surface area contributed by atoms with E-state index in [-0.39, 0.29) is 16.6 Å². The van der Waals surface area contributed by atoms with Gasteiger partial charge in [0.2, 0.25) is 0 Å². The van der Waals surface area contributed by atoms with Gasteiger partial charge in [0.05, 0.1) is 11.9 Å². The van der Waals surface area contributed by atoms with Gasteiger partial charge in [0, 0.05) is 12.6 Å².